The van der Waals surface area contributed by atoms with Crippen LogP contribution in [0.3, 0.4) is 0 Å². The van der Waals surface area contributed by atoms with Gasteiger partial charge in [0.15, 0.2) is 0 Å². The molecular weight excluding hydrogens is 340 g/mol. The van der Waals surface area contributed by atoms with Gasteiger partial charge >= 0.3 is 0 Å². The highest BCUT2D eigenvalue weighted by atomic mass is 16.5. The van der Waals surface area contributed by atoms with Crippen LogP contribution in [0.4, 0.5) is 5.69 Å². The zero-order valence-corrected chi connectivity index (χ0v) is 16.3. The van der Waals surface area contributed by atoms with Crippen LogP contribution < -0.4 is 10.1 Å². The number of amides is 2. The van der Waals surface area contributed by atoms with Gasteiger partial charge in [0.2, 0.25) is 11.8 Å². The summed E-state index contributed by atoms with van der Waals surface area (Å²) in [6.45, 7) is 6.40. The van der Waals surface area contributed by atoms with Crippen LogP contribution in [0.15, 0.2) is 54.6 Å². The van der Waals surface area contributed by atoms with Gasteiger partial charge in [-0.25, -0.2) is 0 Å². The third kappa shape index (κ3) is 7.13. The van der Waals surface area contributed by atoms with Gasteiger partial charge in [0.05, 0.1) is 11.8 Å². The van der Waals surface area contributed by atoms with Crippen LogP contribution in [0.25, 0.3) is 0 Å². The molecule has 0 radical (unpaired) electrons. The summed E-state index contributed by atoms with van der Waals surface area (Å²) in [5.74, 6) is 0.483. The fourth-order valence-electron chi connectivity index (χ4n) is 2.71. The fourth-order valence-corrected chi connectivity index (χ4v) is 2.71. The van der Waals surface area contributed by atoms with Crippen molar-refractivity contribution in [2.75, 3.05) is 18.4 Å². The van der Waals surface area contributed by atoms with E-state index in [0.29, 0.717) is 24.5 Å². The average Bonchev–Trinajstić information content (AvgIpc) is 2.63. The molecule has 5 heteroatoms. The standard InChI is InChI=1S/C22H28N2O3/c1-17(2)27-21-12-8-7-11-20(21)23-22(26)14-16-24(18(3)25)15-13-19-9-5-4-6-10-19/h4-12,17H,13-16H2,1-3H3,(H,23,26). The van der Waals surface area contributed by atoms with E-state index in [4.69, 9.17) is 4.74 Å². The van der Waals surface area contributed by atoms with Crippen molar-refractivity contribution < 1.29 is 14.3 Å². The molecule has 0 aliphatic heterocycles. The lowest BCUT2D eigenvalue weighted by Crippen LogP contribution is -2.33. The van der Waals surface area contributed by atoms with Gasteiger partial charge in [0, 0.05) is 26.4 Å². The van der Waals surface area contributed by atoms with Gasteiger partial charge in [-0.15, -0.1) is 0 Å². The average molecular weight is 368 g/mol. The van der Waals surface area contributed by atoms with Crippen LogP contribution in [-0.2, 0) is 16.0 Å². The Kier molecular flexibility index (Phi) is 7.86. The van der Waals surface area contributed by atoms with E-state index in [0.717, 1.165) is 6.42 Å². The van der Waals surface area contributed by atoms with E-state index in [2.05, 4.69) is 5.32 Å². The second kappa shape index (κ2) is 10.4. The van der Waals surface area contributed by atoms with Crippen LogP contribution in [0, 0.1) is 0 Å². The molecule has 0 spiro atoms. The molecule has 0 saturated carbocycles. The maximum atomic E-state index is 12.3. The van der Waals surface area contributed by atoms with Gasteiger partial charge in [-0.1, -0.05) is 42.5 Å². The number of hydrogen-bond donors (Lipinski definition) is 1. The zero-order chi connectivity index (χ0) is 19.6. The first-order valence-electron chi connectivity index (χ1n) is 9.30. The summed E-state index contributed by atoms with van der Waals surface area (Å²) >= 11 is 0. The van der Waals surface area contributed by atoms with E-state index >= 15 is 0 Å². The summed E-state index contributed by atoms with van der Waals surface area (Å²) in [6, 6.07) is 17.4. The number of para-hydroxylation sites is 2. The van der Waals surface area contributed by atoms with Crippen molar-refractivity contribution in [3.63, 3.8) is 0 Å². The lowest BCUT2D eigenvalue weighted by Gasteiger charge is -2.21. The Labute approximate surface area is 161 Å². The van der Waals surface area contributed by atoms with Crippen molar-refractivity contribution >= 4 is 17.5 Å². The zero-order valence-electron chi connectivity index (χ0n) is 16.3. The van der Waals surface area contributed by atoms with E-state index in [1.807, 2.05) is 68.4 Å². The summed E-state index contributed by atoms with van der Waals surface area (Å²) in [5.41, 5.74) is 1.82. The van der Waals surface area contributed by atoms with Crippen molar-refractivity contribution in [2.24, 2.45) is 0 Å². The number of rotatable bonds is 9. The Balaban J connectivity index is 1.88. The first-order valence-corrected chi connectivity index (χ1v) is 9.30. The number of benzene rings is 2. The second-order valence-electron chi connectivity index (χ2n) is 6.70. The predicted octanol–water partition coefficient (Wildman–Crippen LogP) is 3.89. The summed E-state index contributed by atoms with van der Waals surface area (Å²) in [5, 5.41) is 2.88. The maximum absolute atomic E-state index is 12.3. The SMILES string of the molecule is CC(=O)N(CCC(=O)Nc1ccccc1OC(C)C)CCc1ccccc1. The third-order valence-corrected chi connectivity index (χ3v) is 4.09. The number of carbonyl (C=O) groups is 2. The second-order valence-corrected chi connectivity index (χ2v) is 6.70. The van der Waals surface area contributed by atoms with Crippen LogP contribution >= 0.6 is 0 Å². The van der Waals surface area contributed by atoms with E-state index in [1.54, 1.807) is 4.90 Å². The smallest absolute Gasteiger partial charge is 0.226 e. The van der Waals surface area contributed by atoms with Crippen molar-refractivity contribution in [3.8, 4) is 5.75 Å². The molecule has 0 aliphatic rings. The van der Waals surface area contributed by atoms with E-state index < -0.39 is 0 Å². The van der Waals surface area contributed by atoms with E-state index in [-0.39, 0.29) is 24.3 Å². The Morgan fingerprint density at radius 2 is 1.67 bits per heavy atom. The molecule has 0 saturated heterocycles. The number of carbonyl (C=O) groups excluding carboxylic acids is 2. The molecule has 27 heavy (non-hydrogen) atoms. The van der Waals surface area contributed by atoms with Gasteiger partial charge in [-0.05, 0) is 38.0 Å². The molecule has 2 aromatic carbocycles. The summed E-state index contributed by atoms with van der Waals surface area (Å²) in [7, 11) is 0. The first kappa shape index (κ1) is 20.5. The van der Waals surface area contributed by atoms with Crippen LogP contribution in [0.2, 0.25) is 0 Å². The first-order chi connectivity index (χ1) is 13.0. The normalized spacial score (nSPS) is 10.5. The molecule has 2 amide bonds. The largest absolute Gasteiger partial charge is 0.489 e. The lowest BCUT2D eigenvalue weighted by atomic mass is 10.1. The highest BCUT2D eigenvalue weighted by Crippen LogP contribution is 2.24. The minimum absolute atomic E-state index is 0.0224. The molecule has 1 N–H and O–H groups in total. The van der Waals surface area contributed by atoms with Crippen molar-refractivity contribution in [2.45, 2.75) is 39.7 Å². The van der Waals surface area contributed by atoms with Gasteiger partial charge in [-0.2, -0.15) is 0 Å². The van der Waals surface area contributed by atoms with Gasteiger partial charge < -0.3 is 15.0 Å². The molecule has 0 aromatic heterocycles. The summed E-state index contributed by atoms with van der Waals surface area (Å²) in [6.07, 6.45) is 1.03. The quantitative estimate of drug-likeness (QED) is 0.730. The molecule has 2 aromatic rings. The highest BCUT2D eigenvalue weighted by Gasteiger charge is 2.13. The Morgan fingerprint density at radius 3 is 2.33 bits per heavy atom. The molecule has 5 nitrogen and oxygen atoms in total. The molecule has 0 unspecified atom stereocenters. The predicted molar refractivity (Wildman–Crippen MR) is 108 cm³/mol. The fraction of sp³-hybridized carbons (Fsp3) is 0.364. The summed E-state index contributed by atoms with van der Waals surface area (Å²) < 4.78 is 5.72. The number of ether oxygens (including phenoxy) is 1. The Hall–Kier alpha value is -2.82. The molecule has 144 valence electrons. The molecular formula is C22H28N2O3. The van der Waals surface area contributed by atoms with Crippen molar-refractivity contribution in [3.05, 3.63) is 60.2 Å². The van der Waals surface area contributed by atoms with E-state index in [9.17, 15) is 9.59 Å². The van der Waals surface area contributed by atoms with E-state index in [1.165, 1.54) is 12.5 Å². The number of hydrogen-bond acceptors (Lipinski definition) is 3. The topological polar surface area (TPSA) is 58.6 Å². The minimum atomic E-state index is -0.138. The number of nitrogens with zero attached hydrogens (tertiary/aromatic N) is 1. The monoisotopic (exact) mass is 368 g/mol. The Bertz CT molecular complexity index is 744. The molecule has 0 atom stereocenters. The van der Waals surface area contributed by atoms with Crippen LogP contribution in [-0.4, -0.2) is 35.9 Å². The van der Waals surface area contributed by atoms with Gasteiger partial charge in [0.25, 0.3) is 0 Å². The van der Waals surface area contributed by atoms with Gasteiger partial charge in [-0.3, -0.25) is 9.59 Å². The molecule has 0 bridgehead atoms. The molecule has 0 aliphatic carbocycles. The third-order valence-electron chi connectivity index (χ3n) is 4.09. The lowest BCUT2D eigenvalue weighted by molar-refractivity contribution is -0.129. The minimum Gasteiger partial charge on any atom is -0.489 e. The van der Waals surface area contributed by atoms with Crippen LogP contribution in [0.1, 0.15) is 32.8 Å². The number of anilines is 1. The van der Waals surface area contributed by atoms with Gasteiger partial charge in [0.1, 0.15) is 5.75 Å². The Morgan fingerprint density at radius 1 is 1.00 bits per heavy atom. The maximum Gasteiger partial charge on any atom is 0.226 e. The summed E-state index contributed by atoms with van der Waals surface area (Å²) in [4.78, 5) is 25.9. The van der Waals surface area contributed by atoms with Crippen molar-refractivity contribution in [1.29, 1.82) is 0 Å². The molecule has 2 rings (SSSR count). The highest BCUT2D eigenvalue weighted by molar-refractivity contribution is 5.92. The number of nitrogens with one attached hydrogen (secondary N) is 1. The molecule has 0 heterocycles. The molecule has 0 fully saturated rings. The van der Waals surface area contributed by atoms with Crippen LogP contribution in [0.5, 0.6) is 5.75 Å². The van der Waals surface area contributed by atoms with Crippen molar-refractivity contribution in [1.82, 2.24) is 4.90 Å².